The van der Waals surface area contributed by atoms with E-state index in [2.05, 4.69) is 10.2 Å². The van der Waals surface area contributed by atoms with Crippen molar-refractivity contribution in [2.75, 3.05) is 0 Å². The van der Waals surface area contributed by atoms with Crippen molar-refractivity contribution in [2.24, 2.45) is 10.2 Å². The van der Waals surface area contributed by atoms with Gasteiger partial charge in [-0.2, -0.15) is 10.2 Å². The van der Waals surface area contributed by atoms with Crippen molar-refractivity contribution in [3.63, 3.8) is 0 Å². The fourth-order valence-corrected chi connectivity index (χ4v) is 0.456. The molecule has 0 saturated heterocycles. The fraction of sp³-hybridized carbons (Fsp3) is 0.250. The molecular weight excluding hydrogens is 128 g/mol. The van der Waals surface area contributed by atoms with Crippen LogP contribution in [0, 0.1) is 0 Å². The summed E-state index contributed by atoms with van der Waals surface area (Å²) in [6.45, 7) is 0. The summed E-state index contributed by atoms with van der Waals surface area (Å²) < 4.78 is 0. The molecule has 0 radical (unpaired) electrons. The first-order valence-corrected chi connectivity index (χ1v) is 2.40. The highest BCUT2D eigenvalue weighted by molar-refractivity contribution is 6.33. The Bertz CT molecular complexity index is 151. The smallest absolute Gasteiger partial charge is 0.229 e. The SMILES string of the molecule is O=CC1(Cl)C=CN=N1. The second-order valence-corrected chi connectivity index (χ2v) is 1.98. The van der Waals surface area contributed by atoms with E-state index in [4.69, 9.17) is 11.6 Å². The van der Waals surface area contributed by atoms with Gasteiger partial charge in [-0.05, 0) is 6.08 Å². The lowest BCUT2D eigenvalue weighted by atomic mass is 10.3. The molecule has 0 saturated carbocycles. The van der Waals surface area contributed by atoms with Gasteiger partial charge in [-0.15, -0.1) is 0 Å². The van der Waals surface area contributed by atoms with Gasteiger partial charge >= 0.3 is 0 Å². The van der Waals surface area contributed by atoms with E-state index < -0.39 is 5.00 Å². The van der Waals surface area contributed by atoms with Gasteiger partial charge in [0.15, 0.2) is 6.29 Å². The molecule has 0 bridgehead atoms. The highest BCUT2D eigenvalue weighted by Crippen LogP contribution is 2.20. The Kier molecular flexibility index (Phi) is 1.13. The van der Waals surface area contributed by atoms with Crippen molar-refractivity contribution in [3.05, 3.63) is 12.3 Å². The number of carbonyl (C=O) groups excluding carboxylic acids is 1. The standard InChI is InChI=1S/C4H3ClN2O/c5-4(3-8)1-2-6-7-4/h1-3H. The van der Waals surface area contributed by atoms with E-state index in [1.165, 1.54) is 12.3 Å². The molecule has 0 aromatic rings. The predicted octanol–water partition coefficient (Wildman–Crippen LogP) is 1.10. The number of hydrogen-bond donors (Lipinski definition) is 0. The minimum atomic E-state index is -1.19. The van der Waals surface area contributed by atoms with E-state index in [9.17, 15) is 4.79 Å². The highest BCUT2D eigenvalue weighted by Gasteiger charge is 2.24. The Morgan fingerprint density at radius 1 is 1.75 bits per heavy atom. The number of alkyl halides is 1. The second-order valence-electron chi connectivity index (χ2n) is 1.38. The Morgan fingerprint density at radius 3 is 2.75 bits per heavy atom. The molecule has 42 valence electrons. The molecule has 1 aliphatic rings. The summed E-state index contributed by atoms with van der Waals surface area (Å²) >= 11 is 5.44. The molecule has 1 aliphatic heterocycles. The summed E-state index contributed by atoms with van der Waals surface area (Å²) in [6.07, 6.45) is 3.34. The Balaban J connectivity index is 2.83. The summed E-state index contributed by atoms with van der Waals surface area (Å²) in [6, 6.07) is 0. The summed E-state index contributed by atoms with van der Waals surface area (Å²) in [5.74, 6) is 0. The van der Waals surface area contributed by atoms with Crippen LogP contribution in [-0.2, 0) is 4.79 Å². The maximum Gasteiger partial charge on any atom is 0.229 e. The molecule has 0 amide bonds. The second kappa shape index (κ2) is 1.67. The van der Waals surface area contributed by atoms with E-state index in [-0.39, 0.29) is 0 Å². The first-order valence-electron chi connectivity index (χ1n) is 2.02. The molecule has 1 atom stereocenters. The van der Waals surface area contributed by atoms with Crippen molar-refractivity contribution in [1.29, 1.82) is 0 Å². The van der Waals surface area contributed by atoms with E-state index in [0.717, 1.165) is 0 Å². The fourth-order valence-electron chi connectivity index (χ4n) is 0.356. The molecule has 1 heterocycles. The molecule has 0 aromatic heterocycles. The summed E-state index contributed by atoms with van der Waals surface area (Å²) in [5.41, 5.74) is 0. The molecule has 1 rings (SSSR count). The van der Waals surface area contributed by atoms with Gasteiger partial charge in [-0.3, -0.25) is 4.79 Å². The molecule has 0 aromatic carbocycles. The number of nitrogens with zero attached hydrogens (tertiary/aromatic N) is 2. The van der Waals surface area contributed by atoms with Gasteiger partial charge in [0.25, 0.3) is 0 Å². The van der Waals surface area contributed by atoms with E-state index in [1.54, 1.807) is 0 Å². The van der Waals surface area contributed by atoms with Crippen molar-refractivity contribution in [1.82, 2.24) is 0 Å². The third-order valence-electron chi connectivity index (χ3n) is 0.751. The predicted molar refractivity (Wildman–Crippen MR) is 28.6 cm³/mol. The third-order valence-corrected chi connectivity index (χ3v) is 1.04. The van der Waals surface area contributed by atoms with Crippen LogP contribution in [0.15, 0.2) is 22.5 Å². The van der Waals surface area contributed by atoms with Gasteiger partial charge in [0.2, 0.25) is 5.00 Å². The lowest BCUT2D eigenvalue weighted by Crippen LogP contribution is -2.12. The molecule has 0 aliphatic carbocycles. The van der Waals surface area contributed by atoms with Gasteiger partial charge in [-0.25, -0.2) is 0 Å². The first-order chi connectivity index (χ1) is 3.77. The Labute approximate surface area is 51.1 Å². The minimum Gasteiger partial charge on any atom is -0.299 e. The monoisotopic (exact) mass is 130 g/mol. The number of halogens is 1. The van der Waals surface area contributed by atoms with Crippen LogP contribution < -0.4 is 0 Å². The molecule has 4 heteroatoms. The average molecular weight is 131 g/mol. The minimum absolute atomic E-state index is 0.529. The lowest BCUT2D eigenvalue weighted by molar-refractivity contribution is -0.108. The third kappa shape index (κ3) is 0.767. The van der Waals surface area contributed by atoms with Crippen LogP contribution in [-0.4, -0.2) is 11.3 Å². The van der Waals surface area contributed by atoms with Crippen LogP contribution >= 0.6 is 11.6 Å². The van der Waals surface area contributed by atoms with Gasteiger partial charge in [0.1, 0.15) is 0 Å². The van der Waals surface area contributed by atoms with Crippen molar-refractivity contribution >= 4 is 17.9 Å². The van der Waals surface area contributed by atoms with Crippen LogP contribution in [0.4, 0.5) is 0 Å². The van der Waals surface area contributed by atoms with Gasteiger partial charge in [0, 0.05) is 6.20 Å². The van der Waals surface area contributed by atoms with Crippen LogP contribution in [0.1, 0.15) is 0 Å². The zero-order chi connectivity index (χ0) is 6.04. The van der Waals surface area contributed by atoms with Crippen molar-refractivity contribution in [2.45, 2.75) is 5.00 Å². The Morgan fingerprint density at radius 2 is 2.50 bits per heavy atom. The molecule has 0 spiro atoms. The topological polar surface area (TPSA) is 41.8 Å². The molecule has 1 unspecified atom stereocenters. The molecule has 8 heavy (non-hydrogen) atoms. The van der Waals surface area contributed by atoms with Crippen LogP contribution in [0.5, 0.6) is 0 Å². The summed E-state index contributed by atoms with van der Waals surface area (Å²) in [4.78, 5) is 8.80. The quantitative estimate of drug-likeness (QED) is 0.298. The number of aldehydes is 1. The van der Waals surface area contributed by atoms with Crippen molar-refractivity contribution in [3.8, 4) is 0 Å². The first kappa shape index (κ1) is 5.44. The van der Waals surface area contributed by atoms with Crippen LogP contribution in [0.3, 0.4) is 0 Å². The van der Waals surface area contributed by atoms with Crippen molar-refractivity contribution < 1.29 is 4.79 Å². The maximum atomic E-state index is 9.99. The largest absolute Gasteiger partial charge is 0.299 e. The van der Waals surface area contributed by atoms with Gasteiger partial charge in [0.05, 0.1) is 0 Å². The zero-order valence-corrected chi connectivity index (χ0v) is 4.67. The van der Waals surface area contributed by atoms with Crippen LogP contribution in [0.25, 0.3) is 0 Å². The number of hydrogen-bond acceptors (Lipinski definition) is 3. The van der Waals surface area contributed by atoms with Gasteiger partial charge in [-0.1, -0.05) is 11.6 Å². The molecule has 0 N–H and O–H groups in total. The number of azo groups is 1. The van der Waals surface area contributed by atoms with E-state index >= 15 is 0 Å². The number of rotatable bonds is 1. The summed E-state index contributed by atoms with van der Waals surface area (Å²) in [7, 11) is 0. The molecule has 0 fully saturated rings. The zero-order valence-electron chi connectivity index (χ0n) is 3.91. The average Bonchev–Trinajstić information content (AvgIpc) is 2.17. The molecule has 3 nitrogen and oxygen atoms in total. The Hall–Kier alpha value is -0.700. The van der Waals surface area contributed by atoms with Crippen LogP contribution in [0.2, 0.25) is 0 Å². The highest BCUT2D eigenvalue weighted by atomic mass is 35.5. The number of carbonyl (C=O) groups is 1. The van der Waals surface area contributed by atoms with Gasteiger partial charge < -0.3 is 0 Å². The maximum absolute atomic E-state index is 9.99. The van der Waals surface area contributed by atoms with E-state index in [1.807, 2.05) is 0 Å². The molecular formula is C4H3ClN2O. The summed E-state index contributed by atoms with van der Waals surface area (Å²) in [5, 5.41) is 6.79. The normalized spacial score (nSPS) is 33.6. The van der Waals surface area contributed by atoms with E-state index in [0.29, 0.717) is 6.29 Å². The lowest BCUT2D eigenvalue weighted by Gasteiger charge is -1.99.